The summed E-state index contributed by atoms with van der Waals surface area (Å²) in [5.74, 6) is -5.23. The third-order valence-corrected chi connectivity index (χ3v) is 11.1. The van der Waals surface area contributed by atoms with Gasteiger partial charge in [-0.3, -0.25) is 9.78 Å². The molecule has 6 nitrogen and oxygen atoms in total. The average Bonchev–Trinajstić information content (AvgIpc) is 3.50. The number of nitrogens with one attached hydrogen (secondary N) is 1. The Hall–Kier alpha value is -4.44. The van der Waals surface area contributed by atoms with Crippen LogP contribution in [0.1, 0.15) is 36.0 Å². The first kappa shape index (κ1) is 35.9. The molecule has 0 saturated heterocycles. The van der Waals surface area contributed by atoms with Gasteiger partial charge in [0.2, 0.25) is 5.91 Å². The molecule has 2 atom stereocenters. The molecule has 16 heteroatoms. The van der Waals surface area contributed by atoms with Gasteiger partial charge in [0.25, 0.3) is 5.60 Å². The lowest BCUT2D eigenvalue weighted by Crippen LogP contribution is -2.56. The zero-order chi connectivity index (χ0) is 35.8. The number of hydrogen-bond acceptors (Lipinski definition) is 5. The van der Waals surface area contributed by atoms with Gasteiger partial charge in [-0.1, -0.05) is 30.3 Å². The van der Waals surface area contributed by atoms with Gasteiger partial charge in [0, 0.05) is 35.1 Å². The second-order valence-electron chi connectivity index (χ2n) is 11.4. The van der Waals surface area contributed by atoms with Gasteiger partial charge in [0.15, 0.2) is 9.84 Å². The monoisotopic (exact) mass is 716 g/mol. The molecule has 1 N–H and O–H groups in total. The molecule has 0 radical (unpaired) electrons. The van der Waals surface area contributed by atoms with Crippen molar-refractivity contribution in [1.29, 1.82) is 0 Å². The SMILES string of the molecule is O=C(Nc1ccncc1)[C@H]1CC[C@](c2ccc(C(OCc3c(F)cccc3F)(C(F)(F)F)C(F)(F)F)cc2)(S(=O)(=O)c2ccc(F)cc2)C1. The Labute approximate surface area is 273 Å². The quantitative estimate of drug-likeness (QED) is 0.140. The number of benzene rings is 3. The number of ether oxygens (including phenoxy) is 1. The standard InChI is InChI=1S/C33H25F9N2O4S/c34-23-8-10-25(11-9-23)49(46,47)30(15-12-20(18-30)29(45)44-24-13-16-43-17-14-24)21-4-6-22(7-5-21)31(32(37,38)39,33(40,41)42)48-19-26-27(35)2-1-3-28(26)36/h1-11,13-14,16-17,20H,12,15,18-19H2,(H,43,44,45)/t20-,30-/m0/s1. The van der Waals surface area contributed by atoms with Crippen molar-refractivity contribution in [3.05, 3.63) is 125 Å². The number of anilines is 1. The molecule has 1 aliphatic rings. The van der Waals surface area contributed by atoms with Gasteiger partial charge in [-0.25, -0.2) is 21.6 Å². The molecule has 4 aromatic rings. The molecule has 1 aromatic heterocycles. The summed E-state index contributed by atoms with van der Waals surface area (Å²) in [5.41, 5.74) is -7.73. The van der Waals surface area contributed by atoms with Gasteiger partial charge in [-0.2, -0.15) is 26.3 Å². The number of amides is 1. The van der Waals surface area contributed by atoms with Crippen molar-refractivity contribution in [2.45, 2.75) is 53.5 Å². The van der Waals surface area contributed by atoms with Crippen LogP contribution in [0.5, 0.6) is 0 Å². The van der Waals surface area contributed by atoms with E-state index in [1.165, 1.54) is 24.5 Å². The fraction of sp³-hybridized carbons (Fsp3) is 0.273. The van der Waals surface area contributed by atoms with Gasteiger partial charge in [0.1, 0.15) is 22.2 Å². The third-order valence-electron chi connectivity index (χ3n) is 8.54. The Bertz CT molecular complexity index is 1880. The largest absolute Gasteiger partial charge is 0.430 e. The van der Waals surface area contributed by atoms with E-state index in [4.69, 9.17) is 0 Å². The van der Waals surface area contributed by atoms with E-state index in [0.717, 1.165) is 42.5 Å². The number of rotatable bonds is 9. The Morgan fingerprint density at radius 1 is 0.837 bits per heavy atom. The van der Waals surface area contributed by atoms with Gasteiger partial charge < -0.3 is 10.1 Å². The normalized spacial score (nSPS) is 18.8. The minimum Gasteiger partial charge on any atom is -0.349 e. The van der Waals surface area contributed by atoms with E-state index in [1.807, 2.05) is 0 Å². The van der Waals surface area contributed by atoms with Crippen LogP contribution >= 0.6 is 0 Å². The Morgan fingerprint density at radius 3 is 1.96 bits per heavy atom. The number of carbonyl (C=O) groups is 1. The molecule has 1 heterocycles. The van der Waals surface area contributed by atoms with Gasteiger partial charge in [0.05, 0.1) is 11.5 Å². The van der Waals surface area contributed by atoms with Crippen molar-refractivity contribution >= 4 is 21.4 Å². The zero-order valence-corrected chi connectivity index (χ0v) is 25.8. The molecular formula is C33H25F9N2O4S. The Kier molecular flexibility index (Phi) is 9.60. The van der Waals surface area contributed by atoms with E-state index in [2.05, 4.69) is 15.0 Å². The molecular weight excluding hydrogens is 691 g/mol. The molecule has 49 heavy (non-hydrogen) atoms. The highest BCUT2D eigenvalue weighted by Crippen LogP contribution is 2.55. The van der Waals surface area contributed by atoms with Crippen molar-refractivity contribution in [2.75, 3.05) is 5.32 Å². The van der Waals surface area contributed by atoms with Crippen LogP contribution in [0.4, 0.5) is 45.2 Å². The topological polar surface area (TPSA) is 85.4 Å². The first-order chi connectivity index (χ1) is 22.9. The number of halogens is 9. The molecule has 1 fully saturated rings. The Balaban J connectivity index is 1.59. The number of pyridine rings is 1. The Morgan fingerprint density at radius 2 is 1.41 bits per heavy atom. The van der Waals surface area contributed by atoms with Crippen LogP contribution in [0.3, 0.4) is 0 Å². The van der Waals surface area contributed by atoms with Crippen molar-refractivity contribution in [2.24, 2.45) is 5.92 Å². The van der Waals surface area contributed by atoms with Crippen LogP contribution < -0.4 is 5.32 Å². The summed E-state index contributed by atoms with van der Waals surface area (Å²) in [7, 11) is -4.59. The van der Waals surface area contributed by atoms with E-state index in [-0.39, 0.29) is 18.4 Å². The maximum Gasteiger partial charge on any atom is 0.430 e. The molecule has 1 amide bonds. The predicted molar refractivity (Wildman–Crippen MR) is 157 cm³/mol. The highest BCUT2D eigenvalue weighted by Gasteiger charge is 2.73. The fourth-order valence-corrected chi connectivity index (χ4v) is 8.21. The van der Waals surface area contributed by atoms with Crippen LogP contribution in [0, 0.1) is 23.4 Å². The number of carbonyl (C=O) groups excluding carboxylic acids is 1. The van der Waals surface area contributed by atoms with Crippen molar-refractivity contribution < 1.29 is 57.5 Å². The third kappa shape index (κ3) is 6.50. The van der Waals surface area contributed by atoms with Crippen LogP contribution in [-0.2, 0) is 36.3 Å². The summed E-state index contributed by atoms with van der Waals surface area (Å²) in [5, 5.41) is 2.63. The minimum atomic E-state index is -6.23. The summed E-state index contributed by atoms with van der Waals surface area (Å²) in [6, 6.07) is 11.0. The average molecular weight is 717 g/mol. The smallest absolute Gasteiger partial charge is 0.349 e. The summed E-state index contributed by atoms with van der Waals surface area (Å²) < 4.78 is 160. The lowest BCUT2D eigenvalue weighted by atomic mass is 9.88. The van der Waals surface area contributed by atoms with Crippen molar-refractivity contribution in [3.63, 3.8) is 0 Å². The van der Waals surface area contributed by atoms with E-state index < -0.39 is 90.9 Å². The highest BCUT2D eigenvalue weighted by atomic mass is 32.2. The molecule has 0 unspecified atom stereocenters. The van der Waals surface area contributed by atoms with E-state index in [9.17, 15) is 52.7 Å². The second-order valence-corrected chi connectivity index (χ2v) is 13.6. The number of alkyl halides is 6. The summed E-state index contributed by atoms with van der Waals surface area (Å²) in [6.45, 7) is -1.77. The molecule has 1 aliphatic carbocycles. The van der Waals surface area contributed by atoms with Crippen LogP contribution in [0.15, 0.2) is 96.2 Å². The molecule has 0 spiro atoms. The van der Waals surface area contributed by atoms with Crippen molar-refractivity contribution in [3.8, 4) is 0 Å². The molecule has 3 aromatic carbocycles. The van der Waals surface area contributed by atoms with E-state index in [0.29, 0.717) is 30.0 Å². The second kappa shape index (κ2) is 13.1. The van der Waals surface area contributed by atoms with Gasteiger partial charge >= 0.3 is 12.4 Å². The maximum absolute atomic E-state index is 14.5. The molecule has 260 valence electrons. The number of sulfone groups is 1. The number of aromatic nitrogens is 1. The lowest BCUT2D eigenvalue weighted by molar-refractivity contribution is -0.392. The summed E-state index contributed by atoms with van der Waals surface area (Å²) in [4.78, 5) is 16.6. The molecule has 0 aliphatic heterocycles. The van der Waals surface area contributed by atoms with Crippen LogP contribution in [-0.4, -0.2) is 31.7 Å². The fourth-order valence-electron chi connectivity index (χ4n) is 6.01. The van der Waals surface area contributed by atoms with Crippen LogP contribution in [0.2, 0.25) is 0 Å². The first-order valence-corrected chi connectivity index (χ1v) is 15.9. The van der Waals surface area contributed by atoms with Crippen LogP contribution in [0.25, 0.3) is 0 Å². The van der Waals surface area contributed by atoms with E-state index in [1.54, 1.807) is 0 Å². The lowest BCUT2D eigenvalue weighted by Gasteiger charge is -2.38. The summed E-state index contributed by atoms with van der Waals surface area (Å²) >= 11 is 0. The molecule has 5 rings (SSSR count). The molecule has 0 bridgehead atoms. The summed E-state index contributed by atoms with van der Waals surface area (Å²) in [6.07, 6.45) is -10.4. The van der Waals surface area contributed by atoms with Crippen molar-refractivity contribution in [1.82, 2.24) is 4.98 Å². The van der Waals surface area contributed by atoms with E-state index >= 15 is 0 Å². The zero-order valence-electron chi connectivity index (χ0n) is 25.0. The predicted octanol–water partition coefficient (Wildman–Crippen LogP) is 8.14. The highest BCUT2D eigenvalue weighted by molar-refractivity contribution is 7.92. The number of nitrogens with zero attached hydrogens (tertiary/aromatic N) is 1. The van der Waals surface area contributed by atoms with Gasteiger partial charge in [-0.15, -0.1) is 0 Å². The maximum atomic E-state index is 14.5. The first-order valence-electron chi connectivity index (χ1n) is 14.5. The molecule has 1 saturated carbocycles. The van der Waals surface area contributed by atoms with Gasteiger partial charge in [-0.05, 0) is 73.4 Å². The minimum absolute atomic E-state index is 0.0502. The number of hydrogen-bond donors (Lipinski definition) is 1.